The lowest BCUT2D eigenvalue weighted by Crippen LogP contribution is -2.40. The molecule has 0 aliphatic heterocycles. The van der Waals surface area contributed by atoms with Crippen LogP contribution in [0.25, 0.3) is 0 Å². The van der Waals surface area contributed by atoms with E-state index in [0.29, 0.717) is 5.69 Å². The molecule has 1 aliphatic carbocycles. The van der Waals surface area contributed by atoms with Crippen LogP contribution in [-0.4, -0.2) is 27.7 Å². The van der Waals surface area contributed by atoms with Crippen molar-refractivity contribution in [3.63, 3.8) is 0 Å². The second-order valence-electron chi connectivity index (χ2n) is 4.43. The van der Waals surface area contributed by atoms with Gasteiger partial charge in [0.2, 0.25) is 10.0 Å². The van der Waals surface area contributed by atoms with Crippen LogP contribution in [0.15, 0.2) is 23.1 Å². The summed E-state index contributed by atoms with van der Waals surface area (Å²) in [5.41, 5.74) is 6.58. The number of methoxy groups -OCH3 is 1. The van der Waals surface area contributed by atoms with Gasteiger partial charge < -0.3 is 15.8 Å². The van der Waals surface area contributed by atoms with Gasteiger partial charge in [-0.1, -0.05) is 6.07 Å². The minimum Gasteiger partial charge on any atom is -0.396 e. The third-order valence-corrected chi connectivity index (χ3v) is 4.13. The smallest absolute Gasteiger partial charge is 0.240 e. The average Bonchev–Trinajstić information content (AvgIpc) is 2.23. The standard InChI is InChI=1S/C11H17N3O3S/c1-17-8-5-7(6-8)14-9-3-2-4-10(11(9)12)18(13,15)16/h2-4,7-8,14H,5-6,12H2,1H3,(H2,13,15,16). The van der Waals surface area contributed by atoms with Crippen molar-refractivity contribution in [3.05, 3.63) is 18.2 Å². The molecule has 6 nitrogen and oxygen atoms in total. The molecule has 0 saturated heterocycles. The van der Waals surface area contributed by atoms with E-state index >= 15 is 0 Å². The summed E-state index contributed by atoms with van der Waals surface area (Å²) in [7, 11) is -2.11. The molecule has 1 fully saturated rings. The van der Waals surface area contributed by atoms with Gasteiger partial charge in [-0.05, 0) is 25.0 Å². The molecule has 100 valence electrons. The van der Waals surface area contributed by atoms with Gasteiger partial charge in [0.25, 0.3) is 0 Å². The molecule has 5 N–H and O–H groups in total. The summed E-state index contributed by atoms with van der Waals surface area (Å²) in [4.78, 5) is -0.0462. The quantitative estimate of drug-likeness (QED) is 0.691. The summed E-state index contributed by atoms with van der Waals surface area (Å²) in [5, 5.41) is 8.29. The highest BCUT2D eigenvalue weighted by Crippen LogP contribution is 2.31. The Morgan fingerprint density at radius 3 is 2.61 bits per heavy atom. The van der Waals surface area contributed by atoms with Gasteiger partial charge in [0.15, 0.2) is 0 Å². The van der Waals surface area contributed by atoms with Gasteiger partial charge in [0.1, 0.15) is 4.90 Å². The second-order valence-corrected chi connectivity index (χ2v) is 5.96. The van der Waals surface area contributed by atoms with Crippen LogP contribution in [0.3, 0.4) is 0 Å². The van der Waals surface area contributed by atoms with E-state index < -0.39 is 10.0 Å². The van der Waals surface area contributed by atoms with E-state index in [4.69, 9.17) is 15.6 Å². The van der Waals surface area contributed by atoms with Gasteiger partial charge in [-0.25, -0.2) is 13.6 Å². The molecule has 0 unspecified atom stereocenters. The number of nitrogens with one attached hydrogen (secondary N) is 1. The van der Waals surface area contributed by atoms with Crippen LogP contribution in [0.4, 0.5) is 11.4 Å². The van der Waals surface area contributed by atoms with Crippen molar-refractivity contribution in [2.75, 3.05) is 18.2 Å². The zero-order chi connectivity index (χ0) is 13.3. The van der Waals surface area contributed by atoms with Crippen molar-refractivity contribution in [1.82, 2.24) is 0 Å². The number of rotatable bonds is 4. The maximum Gasteiger partial charge on any atom is 0.240 e. The van der Waals surface area contributed by atoms with Crippen LogP contribution in [0, 0.1) is 0 Å². The third-order valence-electron chi connectivity index (χ3n) is 3.16. The number of nitrogen functional groups attached to an aromatic ring is 1. The monoisotopic (exact) mass is 271 g/mol. The van der Waals surface area contributed by atoms with Crippen LogP contribution >= 0.6 is 0 Å². The van der Waals surface area contributed by atoms with E-state index in [0.717, 1.165) is 12.8 Å². The average molecular weight is 271 g/mol. The number of anilines is 2. The highest BCUT2D eigenvalue weighted by atomic mass is 32.2. The minimum atomic E-state index is -3.79. The van der Waals surface area contributed by atoms with Crippen LogP contribution in [-0.2, 0) is 14.8 Å². The molecule has 0 bridgehead atoms. The van der Waals surface area contributed by atoms with E-state index in [-0.39, 0.29) is 22.7 Å². The fraction of sp³-hybridized carbons (Fsp3) is 0.455. The summed E-state index contributed by atoms with van der Waals surface area (Å²) in [6, 6.07) is 5.01. The molecule has 18 heavy (non-hydrogen) atoms. The highest BCUT2D eigenvalue weighted by molar-refractivity contribution is 7.89. The zero-order valence-electron chi connectivity index (χ0n) is 10.1. The van der Waals surface area contributed by atoms with Gasteiger partial charge >= 0.3 is 0 Å². The molecule has 1 aromatic rings. The highest BCUT2D eigenvalue weighted by Gasteiger charge is 2.29. The number of nitrogens with two attached hydrogens (primary N) is 2. The van der Waals surface area contributed by atoms with E-state index in [1.165, 1.54) is 6.07 Å². The van der Waals surface area contributed by atoms with Crippen molar-refractivity contribution in [2.45, 2.75) is 29.9 Å². The predicted molar refractivity (Wildman–Crippen MR) is 69.7 cm³/mol. The van der Waals surface area contributed by atoms with Gasteiger partial charge in [0.05, 0.1) is 17.5 Å². The Labute approximate surface area is 106 Å². The van der Waals surface area contributed by atoms with Crippen molar-refractivity contribution < 1.29 is 13.2 Å². The number of sulfonamides is 1. The Morgan fingerprint density at radius 1 is 1.39 bits per heavy atom. The summed E-state index contributed by atoms with van der Waals surface area (Å²) < 4.78 is 27.8. The summed E-state index contributed by atoms with van der Waals surface area (Å²) in [6.45, 7) is 0. The Morgan fingerprint density at radius 2 is 2.06 bits per heavy atom. The molecule has 0 spiro atoms. The summed E-state index contributed by atoms with van der Waals surface area (Å²) in [6.07, 6.45) is 2.04. The molecule has 7 heteroatoms. The number of hydrogen-bond donors (Lipinski definition) is 3. The maximum atomic E-state index is 11.3. The van der Waals surface area contributed by atoms with Crippen molar-refractivity contribution in [2.24, 2.45) is 5.14 Å². The second kappa shape index (κ2) is 4.75. The summed E-state index contributed by atoms with van der Waals surface area (Å²) >= 11 is 0. The van der Waals surface area contributed by atoms with Crippen LogP contribution in [0.5, 0.6) is 0 Å². The molecule has 0 atom stereocenters. The molecule has 0 amide bonds. The number of primary sulfonamides is 1. The Balaban J connectivity index is 2.15. The van der Waals surface area contributed by atoms with Gasteiger partial charge in [0, 0.05) is 13.2 Å². The summed E-state index contributed by atoms with van der Waals surface area (Å²) in [5.74, 6) is 0. The first kappa shape index (κ1) is 13.1. The maximum absolute atomic E-state index is 11.3. The van der Waals surface area contributed by atoms with Crippen LogP contribution < -0.4 is 16.2 Å². The van der Waals surface area contributed by atoms with Gasteiger partial charge in [-0.15, -0.1) is 0 Å². The number of benzene rings is 1. The lowest BCUT2D eigenvalue weighted by molar-refractivity contribution is 0.0329. The topological polar surface area (TPSA) is 107 Å². The van der Waals surface area contributed by atoms with Crippen molar-refractivity contribution in [1.29, 1.82) is 0 Å². The molecule has 2 rings (SSSR count). The zero-order valence-corrected chi connectivity index (χ0v) is 10.9. The first-order valence-corrected chi connectivity index (χ1v) is 7.17. The molecule has 0 heterocycles. The molecule has 1 aliphatic rings. The Kier molecular flexibility index (Phi) is 3.47. The van der Waals surface area contributed by atoms with Crippen LogP contribution in [0.2, 0.25) is 0 Å². The van der Waals surface area contributed by atoms with Crippen molar-refractivity contribution >= 4 is 21.4 Å². The molecular formula is C11H17N3O3S. The molecule has 0 radical (unpaired) electrons. The number of para-hydroxylation sites is 1. The first-order chi connectivity index (χ1) is 8.41. The lowest BCUT2D eigenvalue weighted by Gasteiger charge is -2.35. The van der Waals surface area contributed by atoms with Gasteiger partial charge in [-0.2, -0.15) is 0 Å². The van der Waals surface area contributed by atoms with Crippen LogP contribution in [0.1, 0.15) is 12.8 Å². The SMILES string of the molecule is COC1CC(Nc2cccc(S(N)(=O)=O)c2N)C1. The van der Waals surface area contributed by atoms with E-state index in [9.17, 15) is 8.42 Å². The van der Waals surface area contributed by atoms with Gasteiger partial charge in [-0.3, -0.25) is 0 Å². The van der Waals surface area contributed by atoms with E-state index in [2.05, 4.69) is 5.32 Å². The third kappa shape index (κ3) is 2.58. The van der Waals surface area contributed by atoms with E-state index in [1.807, 2.05) is 0 Å². The molecule has 1 saturated carbocycles. The molecule has 1 aromatic carbocycles. The normalized spacial score (nSPS) is 23.4. The largest absolute Gasteiger partial charge is 0.396 e. The number of ether oxygens (including phenoxy) is 1. The predicted octanol–water partition coefficient (Wildman–Crippen LogP) is 0.505. The first-order valence-electron chi connectivity index (χ1n) is 5.62. The molecule has 0 aromatic heterocycles. The van der Waals surface area contributed by atoms with Crippen molar-refractivity contribution in [3.8, 4) is 0 Å². The van der Waals surface area contributed by atoms with E-state index in [1.54, 1.807) is 19.2 Å². The fourth-order valence-electron chi connectivity index (χ4n) is 2.01. The lowest BCUT2D eigenvalue weighted by atomic mass is 9.89. The number of hydrogen-bond acceptors (Lipinski definition) is 5. The minimum absolute atomic E-state index is 0.0462. The Hall–Kier alpha value is -1.31. The fourth-order valence-corrected chi connectivity index (χ4v) is 2.70. The molecular weight excluding hydrogens is 254 g/mol. The Bertz CT molecular complexity index is 538.